The summed E-state index contributed by atoms with van der Waals surface area (Å²) < 4.78 is 16.0. The van der Waals surface area contributed by atoms with Gasteiger partial charge >= 0.3 is 0 Å². The van der Waals surface area contributed by atoms with Crippen molar-refractivity contribution in [2.45, 2.75) is 0 Å². The average Bonchev–Trinajstić information content (AvgIpc) is 2.88. The van der Waals surface area contributed by atoms with Gasteiger partial charge in [-0.25, -0.2) is 0 Å². The van der Waals surface area contributed by atoms with Crippen LogP contribution in [0.3, 0.4) is 0 Å². The van der Waals surface area contributed by atoms with Crippen molar-refractivity contribution in [3.05, 3.63) is 81.8 Å². The number of nitriles is 1. The zero-order valence-electron chi connectivity index (χ0n) is 19.3. The first-order valence-electron chi connectivity index (χ1n) is 10.5. The Bertz CT molecular complexity index is 1330. The monoisotopic (exact) mass is 525 g/mol. The maximum atomic E-state index is 12.5. The predicted molar refractivity (Wildman–Crippen MR) is 139 cm³/mol. The third-order valence-corrected chi connectivity index (χ3v) is 5.51. The third-order valence-electron chi connectivity index (χ3n) is 4.77. The molecule has 8 nitrogen and oxygen atoms in total. The third kappa shape index (κ3) is 7.15. The van der Waals surface area contributed by atoms with Gasteiger partial charge in [-0.05, 0) is 66.2 Å². The first-order chi connectivity index (χ1) is 17.3. The minimum atomic E-state index is -0.569. The second kappa shape index (κ2) is 12.5. The Morgan fingerprint density at radius 1 is 0.889 bits per heavy atom. The summed E-state index contributed by atoms with van der Waals surface area (Å²) in [5.41, 5.74) is 1.41. The molecule has 0 fully saturated rings. The molecule has 0 unspecified atom stereocenters. The minimum absolute atomic E-state index is 0.109. The number of methoxy groups -OCH3 is 2. The lowest BCUT2D eigenvalue weighted by atomic mass is 10.1. The summed E-state index contributed by atoms with van der Waals surface area (Å²) in [6, 6.07) is 18.1. The van der Waals surface area contributed by atoms with Gasteiger partial charge in [0.2, 0.25) is 0 Å². The summed E-state index contributed by atoms with van der Waals surface area (Å²) in [6.45, 7) is -0.292. The van der Waals surface area contributed by atoms with Crippen LogP contribution >= 0.6 is 23.2 Å². The maximum absolute atomic E-state index is 12.5. The quantitative estimate of drug-likeness (QED) is 0.279. The minimum Gasteiger partial charge on any atom is -0.497 e. The lowest BCUT2D eigenvalue weighted by Crippen LogP contribution is -2.20. The van der Waals surface area contributed by atoms with Crippen LogP contribution in [0, 0.1) is 11.3 Å². The van der Waals surface area contributed by atoms with Gasteiger partial charge in [0.1, 0.15) is 17.4 Å². The van der Waals surface area contributed by atoms with Gasteiger partial charge in [0.15, 0.2) is 18.1 Å². The topological polar surface area (TPSA) is 110 Å². The Kier molecular flexibility index (Phi) is 9.17. The molecule has 0 saturated heterocycles. The number of carbonyl (C=O) groups is 2. The number of halogens is 2. The summed E-state index contributed by atoms with van der Waals surface area (Å²) in [6.07, 6.45) is 1.42. The molecule has 0 bridgehead atoms. The van der Waals surface area contributed by atoms with E-state index in [1.54, 1.807) is 61.7 Å². The van der Waals surface area contributed by atoms with Crippen molar-refractivity contribution in [1.82, 2.24) is 0 Å². The molecule has 0 heterocycles. The highest BCUT2D eigenvalue weighted by molar-refractivity contribution is 6.42. The molecule has 0 radical (unpaired) electrons. The molecular weight excluding hydrogens is 505 g/mol. The first-order valence-corrected chi connectivity index (χ1v) is 11.2. The summed E-state index contributed by atoms with van der Waals surface area (Å²) in [5.74, 6) is 0.284. The van der Waals surface area contributed by atoms with Crippen molar-refractivity contribution >= 4 is 52.5 Å². The number of amides is 2. The van der Waals surface area contributed by atoms with E-state index in [0.717, 1.165) is 0 Å². The fraction of sp³-hybridized carbons (Fsp3) is 0.115. The number of nitrogens with one attached hydrogen (secondary N) is 2. The fourth-order valence-electron chi connectivity index (χ4n) is 3.00. The van der Waals surface area contributed by atoms with E-state index in [0.29, 0.717) is 44.2 Å². The van der Waals surface area contributed by atoms with Gasteiger partial charge in [-0.3, -0.25) is 9.59 Å². The number of ether oxygens (including phenoxy) is 3. The van der Waals surface area contributed by atoms with Crippen LogP contribution in [-0.4, -0.2) is 32.6 Å². The SMILES string of the molecule is COc1ccc(NC(=O)/C(C#N)=C\c2ccc(OCC(=O)Nc3ccc(Cl)c(Cl)c3)c(OC)c2)cc1. The Labute approximate surface area is 218 Å². The number of carbonyl (C=O) groups excluding carboxylic acids is 2. The maximum Gasteiger partial charge on any atom is 0.266 e. The van der Waals surface area contributed by atoms with Crippen LogP contribution in [0.15, 0.2) is 66.2 Å². The standard InChI is InChI=1S/C26H21Cl2N3O5/c1-34-20-7-4-18(5-8-20)31-26(33)17(14-29)11-16-3-10-23(24(12-16)35-2)36-15-25(32)30-19-6-9-21(27)22(28)13-19/h3-13H,15H2,1-2H3,(H,30,32)(H,31,33)/b17-11-. The van der Waals surface area contributed by atoms with Crippen molar-refractivity contribution in [2.24, 2.45) is 0 Å². The van der Waals surface area contributed by atoms with E-state index in [4.69, 9.17) is 37.4 Å². The lowest BCUT2D eigenvalue weighted by Gasteiger charge is -2.12. The molecule has 184 valence electrons. The van der Waals surface area contributed by atoms with E-state index in [2.05, 4.69) is 10.6 Å². The molecule has 3 rings (SSSR count). The number of hydrogen-bond acceptors (Lipinski definition) is 6. The van der Waals surface area contributed by atoms with E-state index in [1.807, 2.05) is 6.07 Å². The molecule has 3 aromatic rings. The highest BCUT2D eigenvalue weighted by Crippen LogP contribution is 2.29. The molecule has 2 N–H and O–H groups in total. The van der Waals surface area contributed by atoms with E-state index in [9.17, 15) is 14.9 Å². The molecule has 0 aliphatic carbocycles. The molecule has 36 heavy (non-hydrogen) atoms. The molecule has 2 amide bonds. The molecule has 0 aromatic heterocycles. The number of anilines is 2. The average molecular weight is 526 g/mol. The molecule has 0 aliphatic rings. The zero-order valence-corrected chi connectivity index (χ0v) is 20.8. The van der Waals surface area contributed by atoms with Crippen molar-refractivity contribution in [1.29, 1.82) is 5.26 Å². The lowest BCUT2D eigenvalue weighted by molar-refractivity contribution is -0.118. The summed E-state index contributed by atoms with van der Waals surface area (Å²) >= 11 is 11.8. The fourth-order valence-corrected chi connectivity index (χ4v) is 3.29. The van der Waals surface area contributed by atoms with Crippen LogP contribution in [0.25, 0.3) is 6.08 Å². The van der Waals surface area contributed by atoms with Gasteiger partial charge in [-0.1, -0.05) is 29.3 Å². The van der Waals surface area contributed by atoms with Gasteiger partial charge in [-0.2, -0.15) is 5.26 Å². The second-order valence-electron chi connectivity index (χ2n) is 7.23. The highest BCUT2D eigenvalue weighted by atomic mass is 35.5. The summed E-state index contributed by atoms with van der Waals surface area (Å²) in [4.78, 5) is 24.8. The Morgan fingerprint density at radius 3 is 2.25 bits per heavy atom. The number of nitrogens with zero attached hydrogens (tertiary/aromatic N) is 1. The van der Waals surface area contributed by atoms with Gasteiger partial charge < -0.3 is 24.8 Å². The highest BCUT2D eigenvalue weighted by Gasteiger charge is 2.13. The van der Waals surface area contributed by atoms with Gasteiger partial charge in [-0.15, -0.1) is 0 Å². The van der Waals surface area contributed by atoms with Crippen molar-refractivity contribution < 1.29 is 23.8 Å². The van der Waals surface area contributed by atoms with Gasteiger partial charge in [0, 0.05) is 11.4 Å². The van der Waals surface area contributed by atoms with E-state index < -0.39 is 11.8 Å². The van der Waals surface area contributed by atoms with Crippen LogP contribution in [0.4, 0.5) is 11.4 Å². The Hall–Kier alpha value is -4.19. The van der Waals surface area contributed by atoms with E-state index >= 15 is 0 Å². The molecule has 0 aliphatic heterocycles. The number of hydrogen-bond donors (Lipinski definition) is 2. The van der Waals surface area contributed by atoms with Gasteiger partial charge in [0.05, 0.1) is 24.3 Å². The molecule has 10 heteroatoms. The van der Waals surface area contributed by atoms with E-state index in [1.165, 1.54) is 19.3 Å². The number of benzene rings is 3. The van der Waals surface area contributed by atoms with Crippen LogP contribution in [-0.2, 0) is 9.59 Å². The molecule has 0 saturated carbocycles. The van der Waals surface area contributed by atoms with Crippen molar-refractivity contribution in [3.63, 3.8) is 0 Å². The largest absolute Gasteiger partial charge is 0.497 e. The Balaban J connectivity index is 1.66. The van der Waals surface area contributed by atoms with E-state index in [-0.39, 0.29) is 12.2 Å². The summed E-state index contributed by atoms with van der Waals surface area (Å²) in [5, 5.41) is 15.5. The van der Waals surface area contributed by atoms with Crippen molar-refractivity contribution in [2.75, 3.05) is 31.5 Å². The molecule has 0 spiro atoms. The summed E-state index contributed by atoms with van der Waals surface area (Å²) in [7, 11) is 2.98. The Morgan fingerprint density at radius 2 is 1.61 bits per heavy atom. The normalized spacial score (nSPS) is 10.7. The predicted octanol–water partition coefficient (Wildman–Crippen LogP) is 5.57. The van der Waals surface area contributed by atoms with Crippen LogP contribution in [0.1, 0.15) is 5.56 Å². The van der Waals surface area contributed by atoms with Crippen LogP contribution in [0.2, 0.25) is 10.0 Å². The molecular formula is C26H21Cl2N3O5. The first kappa shape index (κ1) is 26.4. The molecule has 3 aromatic carbocycles. The van der Waals surface area contributed by atoms with Crippen molar-refractivity contribution in [3.8, 4) is 23.3 Å². The van der Waals surface area contributed by atoms with Crippen LogP contribution in [0.5, 0.6) is 17.2 Å². The molecule has 0 atom stereocenters. The van der Waals surface area contributed by atoms with Crippen LogP contribution < -0.4 is 24.8 Å². The second-order valence-corrected chi connectivity index (χ2v) is 8.04. The zero-order chi connectivity index (χ0) is 26.1. The smallest absolute Gasteiger partial charge is 0.266 e. The number of rotatable bonds is 9. The van der Waals surface area contributed by atoms with Gasteiger partial charge in [0.25, 0.3) is 11.8 Å².